The fraction of sp³-hybridized carbons (Fsp3) is 0.235. The molecule has 0 saturated heterocycles. The van der Waals surface area contributed by atoms with Crippen molar-refractivity contribution >= 4 is 16.5 Å². The van der Waals surface area contributed by atoms with E-state index in [4.69, 9.17) is 0 Å². The van der Waals surface area contributed by atoms with Crippen molar-refractivity contribution in [2.45, 2.75) is 26.4 Å². The summed E-state index contributed by atoms with van der Waals surface area (Å²) >= 11 is 0. The van der Waals surface area contributed by atoms with Gasteiger partial charge in [-0.3, -0.25) is 4.68 Å². The van der Waals surface area contributed by atoms with E-state index in [-0.39, 0.29) is 0 Å². The van der Waals surface area contributed by atoms with Gasteiger partial charge in [0.1, 0.15) is 0 Å². The number of aromatic nitrogens is 2. The van der Waals surface area contributed by atoms with E-state index < -0.39 is 0 Å². The number of nitrogens with zero attached hydrogens (tertiary/aromatic N) is 2. The highest BCUT2D eigenvalue weighted by Gasteiger charge is 2.02. The Morgan fingerprint density at radius 1 is 1.10 bits per heavy atom. The molecule has 0 radical (unpaired) electrons. The highest BCUT2D eigenvalue weighted by atomic mass is 15.3. The minimum absolute atomic E-state index is 0.407. The number of anilines is 1. The Morgan fingerprint density at radius 3 is 2.65 bits per heavy atom. The maximum atomic E-state index is 4.35. The molecule has 0 saturated carbocycles. The zero-order valence-corrected chi connectivity index (χ0v) is 11.9. The summed E-state index contributed by atoms with van der Waals surface area (Å²) in [6.45, 7) is 5.06. The van der Waals surface area contributed by atoms with E-state index in [1.807, 2.05) is 10.9 Å². The summed E-state index contributed by atoms with van der Waals surface area (Å²) in [6, 6.07) is 15.3. The topological polar surface area (TPSA) is 29.9 Å². The second kappa shape index (κ2) is 5.37. The van der Waals surface area contributed by atoms with Gasteiger partial charge in [0.05, 0.1) is 6.20 Å². The average molecular weight is 265 g/mol. The van der Waals surface area contributed by atoms with Gasteiger partial charge in [0.15, 0.2) is 0 Å². The van der Waals surface area contributed by atoms with Crippen molar-refractivity contribution in [2.75, 3.05) is 5.32 Å². The number of benzene rings is 2. The third-order valence-corrected chi connectivity index (χ3v) is 3.43. The first-order valence-electron chi connectivity index (χ1n) is 6.98. The molecule has 0 unspecified atom stereocenters. The van der Waals surface area contributed by atoms with Crippen LogP contribution in [0, 0.1) is 0 Å². The van der Waals surface area contributed by atoms with Crippen molar-refractivity contribution in [3.05, 3.63) is 60.4 Å². The van der Waals surface area contributed by atoms with E-state index in [1.165, 1.54) is 16.3 Å². The van der Waals surface area contributed by atoms with Gasteiger partial charge in [-0.15, -0.1) is 0 Å². The molecule has 0 aliphatic heterocycles. The minimum Gasteiger partial charge on any atom is -0.381 e. The molecule has 102 valence electrons. The highest BCUT2D eigenvalue weighted by molar-refractivity contribution is 5.85. The smallest absolute Gasteiger partial charge is 0.0539 e. The molecular formula is C17H19N3. The Bertz CT molecular complexity index is 713. The van der Waals surface area contributed by atoms with Crippen LogP contribution in [0.5, 0.6) is 0 Å². The quantitative estimate of drug-likeness (QED) is 0.765. The summed E-state index contributed by atoms with van der Waals surface area (Å²) < 4.78 is 1.98. The molecule has 0 atom stereocenters. The second-order valence-corrected chi connectivity index (χ2v) is 5.34. The molecule has 0 spiro atoms. The molecular weight excluding hydrogens is 246 g/mol. The van der Waals surface area contributed by atoms with Gasteiger partial charge in [0.2, 0.25) is 0 Å². The molecule has 1 N–H and O–H groups in total. The molecule has 3 heteroatoms. The molecule has 0 aliphatic carbocycles. The largest absolute Gasteiger partial charge is 0.381 e. The van der Waals surface area contributed by atoms with Gasteiger partial charge in [-0.05, 0) is 36.8 Å². The van der Waals surface area contributed by atoms with E-state index >= 15 is 0 Å². The van der Waals surface area contributed by atoms with Crippen LogP contribution in [-0.2, 0) is 6.54 Å². The van der Waals surface area contributed by atoms with E-state index in [2.05, 4.69) is 72.9 Å². The first-order valence-corrected chi connectivity index (χ1v) is 6.98. The van der Waals surface area contributed by atoms with E-state index in [0.29, 0.717) is 6.04 Å². The van der Waals surface area contributed by atoms with Gasteiger partial charge in [-0.25, -0.2) is 0 Å². The normalized spacial score (nSPS) is 11.2. The van der Waals surface area contributed by atoms with Crippen molar-refractivity contribution in [3.8, 4) is 0 Å². The Hall–Kier alpha value is -2.29. The predicted octanol–water partition coefficient (Wildman–Crippen LogP) is 4.23. The number of hydrogen-bond donors (Lipinski definition) is 1. The van der Waals surface area contributed by atoms with Gasteiger partial charge in [-0.2, -0.15) is 5.10 Å². The monoisotopic (exact) mass is 265 g/mol. The molecule has 3 nitrogen and oxygen atoms in total. The van der Waals surface area contributed by atoms with Crippen LogP contribution in [0.15, 0.2) is 54.9 Å². The lowest BCUT2D eigenvalue weighted by molar-refractivity contribution is 0.532. The highest BCUT2D eigenvalue weighted by Crippen LogP contribution is 2.19. The van der Waals surface area contributed by atoms with Crippen LogP contribution >= 0.6 is 0 Å². The zero-order chi connectivity index (χ0) is 13.9. The van der Waals surface area contributed by atoms with Crippen LogP contribution in [0.2, 0.25) is 0 Å². The fourth-order valence-corrected chi connectivity index (χ4v) is 2.25. The lowest BCUT2D eigenvalue weighted by Gasteiger charge is -2.07. The predicted molar refractivity (Wildman–Crippen MR) is 83.9 cm³/mol. The zero-order valence-electron chi connectivity index (χ0n) is 11.9. The van der Waals surface area contributed by atoms with E-state index in [0.717, 1.165) is 12.2 Å². The van der Waals surface area contributed by atoms with Crippen LogP contribution in [0.1, 0.15) is 25.5 Å². The van der Waals surface area contributed by atoms with Crippen LogP contribution in [-0.4, -0.2) is 9.78 Å². The second-order valence-electron chi connectivity index (χ2n) is 5.34. The van der Waals surface area contributed by atoms with Crippen molar-refractivity contribution in [3.63, 3.8) is 0 Å². The van der Waals surface area contributed by atoms with Gasteiger partial charge in [0, 0.05) is 30.0 Å². The van der Waals surface area contributed by atoms with E-state index in [1.54, 1.807) is 0 Å². The molecule has 2 aromatic carbocycles. The molecule has 3 aromatic rings. The molecule has 1 aromatic heterocycles. The van der Waals surface area contributed by atoms with E-state index in [9.17, 15) is 0 Å². The number of hydrogen-bond acceptors (Lipinski definition) is 2. The number of rotatable bonds is 4. The van der Waals surface area contributed by atoms with Gasteiger partial charge >= 0.3 is 0 Å². The first-order chi connectivity index (χ1) is 9.72. The third kappa shape index (κ3) is 2.67. The standard InChI is InChI=1S/C17H19N3/c1-13(2)20-12-14(11-19-20)10-18-17-8-7-15-5-3-4-6-16(15)9-17/h3-9,11-13,18H,10H2,1-2H3. The van der Waals surface area contributed by atoms with Crippen molar-refractivity contribution in [1.29, 1.82) is 0 Å². The van der Waals surface area contributed by atoms with Crippen molar-refractivity contribution in [2.24, 2.45) is 0 Å². The molecule has 0 amide bonds. The minimum atomic E-state index is 0.407. The summed E-state index contributed by atoms with van der Waals surface area (Å²) in [7, 11) is 0. The molecule has 20 heavy (non-hydrogen) atoms. The van der Waals surface area contributed by atoms with Crippen LogP contribution in [0.4, 0.5) is 5.69 Å². The van der Waals surface area contributed by atoms with Crippen LogP contribution in [0.25, 0.3) is 10.8 Å². The Balaban J connectivity index is 1.72. The third-order valence-electron chi connectivity index (χ3n) is 3.43. The van der Waals surface area contributed by atoms with Crippen molar-refractivity contribution < 1.29 is 0 Å². The molecule has 0 aliphatic rings. The summed E-state index contributed by atoms with van der Waals surface area (Å²) in [5, 5.41) is 10.3. The average Bonchev–Trinajstić information content (AvgIpc) is 2.94. The maximum absolute atomic E-state index is 4.35. The van der Waals surface area contributed by atoms with Crippen molar-refractivity contribution in [1.82, 2.24) is 9.78 Å². The summed E-state index contributed by atoms with van der Waals surface area (Å²) in [5.74, 6) is 0. The Labute approximate surface area is 119 Å². The summed E-state index contributed by atoms with van der Waals surface area (Å²) in [4.78, 5) is 0. The van der Waals surface area contributed by atoms with Gasteiger partial charge in [0.25, 0.3) is 0 Å². The summed E-state index contributed by atoms with van der Waals surface area (Å²) in [6.07, 6.45) is 4.02. The van der Waals surface area contributed by atoms with Crippen LogP contribution in [0.3, 0.4) is 0 Å². The molecule has 0 bridgehead atoms. The van der Waals surface area contributed by atoms with Gasteiger partial charge < -0.3 is 5.32 Å². The number of nitrogens with one attached hydrogen (secondary N) is 1. The SMILES string of the molecule is CC(C)n1cc(CNc2ccc3ccccc3c2)cn1. The molecule has 1 heterocycles. The lowest BCUT2D eigenvalue weighted by Crippen LogP contribution is -2.01. The molecule has 0 fully saturated rings. The fourth-order valence-electron chi connectivity index (χ4n) is 2.25. The number of fused-ring (bicyclic) bond motifs is 1. The van der Waals surface area contributed by atoms with Gasteiger partial charge in [-0.1, -0.05) is 30.3 Å². The Kier molecular flexibility index (Phi) is 3.42. The lowest BCUT2D eigenvalue weighted by atomic mass is 10.1. The Morgan fingerprint density at radius 2 is 1.90 bits per heavy atom. The molecule has 3 rings (SSSR count). The summed E-state index contributed by atoms with van der Waals surface area (Å²) in [5.41, 5.74) is 2.34. The maximum Gasteiger partial charge on any atom is 0.0539 e. The first kappa shape index (κ1) is 12.7. The van der Waals surface area contributed by atoms with Crippen LogP contribution < -0.4 is 5.32 Å².